The highest BCUT2D eigenvalue weighted by Crippen LogP contribution is 2.33. The number of hydrogen-bond acceptors (Lipinski definition) is 3. The van der Waals surface area contributed by atoms with Gasteiger partial charge in [-0.3, -0.25) is 5.10 Å². The normalized spacial score (nSPS) is 17.4. The highest BCUT2D eigenvalue weighted by Gasteiger charge is 2.21. The van der Waals surface area contributed by atoms with E-state index in [0.717, 1.165) is 32.2 Å². The third kappa shape index (κ3) is 2.70. The minimum Gasteiger partial charge on any atom is -0.508 e. The number of phenols is 1. The molecule has 1 aliphatic rings. The van der Waals surface area contributed by atoms with Crippen molar-refractivity contribution in [1.82, 2.24) is 15.5 Å². The van der Waals surface area contributed by atoms with Gasteiger partial charge in [-0.1, -0.05) is 6.07 Å². The number of hydrogen-bond donors (Lipinski definition) is 3. The first-order valence-electron chi connectivity index (χ1n) is 7.28. The predicted molar refractivity (Wildman–Crippen MR) is 78.8 cm³/mol. The molecule has 0 spiro atoms. The highest BCUT2D eigenvalue weighted by atomic mass is 16.3. The van der Waals surface area contributed by atoms with Gasteiger partial charge < -0.3 is 10.4 Å². The summed E-state index contributed by atoms with van der Waals surface area (Å²) in [6.07, 6.45) is 6.28. The fourth-order valence-corrected chi connectivity index (χ4v) is 3.00. The molecule has 0 radical (unpaired) electrons. The van der Waals surface area contributed by atoms with E-state index in [2.05, 4.69) is 28.5 Å². The van der Waals surface area contributed by atoms with Crippen LogP contribution in [0.2, 0.25) is 0 Å². The lowest BCUT2D eigenvalue weighted by atomic mass is 10.1. The maximum absolute atomic E-state index is 9.50. The molecule has 0 amide bonds. The largest absolute Gasteiger partial charge is 0.508 e. The lowest BCUT2D eigenvalue weighted by Gasteiger charge is -2.14. The van der Waals surface area contributed by atoms with Crippen LogP contribution in [0.3, 0.4) is 0 Å². The molecule has 0 saturated heterocycles. The lowest BCUT2D eigenvalue weighted by molar-refractivity contribution is 0.474. The van der Waals surface area contributed by atoms with E-state index >= 15 is 0 Å². The van der Waals surface area contributed by atoms with Crippen molar-refractivity contribution in [3.8, 4) is 5.75 Å². The van der Waals surface area contributed by atoms with Crippen LogP contribution in [0.25, 0.3) is 0 Å². The van der Waals surface area contributed by atoms with Crippen LogP contribution in [-0.2, 0) is 12.8 Å². The average molecular weight is 271 g/mol. The van der Waals surface area contributed by atoms with Gasteiger partial charge in [0.2, 0.25) is 0 Å². The van der Waals surface area contributed by atoms with Gasteiger partial charge in [-0.05, 0) is 68.0 Å². The first-order chi connectivity index (χ1) is 9.74. The number of aromatic hydroxyl groups is 1. The fourth-order valence-electron chi connectivity index (χ4n) is 3.00. The molecule has 0 aliphatic heterocycles. The molecule has 3 N–H and O–H groups in total. The Kier molecular flexibility index (Phi) is 3.74. The molecule has 1 unspecified atom stereocenters. The van der Waals surface area contributed by atoms with Gasteiger partial charge in [0.15, 0.2) is 0 Å². The van der Waals surface area contributed by atoms with Crippen molar-refractivity contribution in [3.05, 3.63) is 46.8 Å². The number of benzene rings is 1. The topological polar surface area (TPSA) is 60.9 Å². The van der Waals surface area contributed by atoms with Crippen LogP contribution in [0.15, 0.2) is 24.4 Å². The minimum absolute atomic E-state index is 0.375. The third-order valence-corrected chi connectivity index (χ3v) is 4.15. The van der Waals surface area contributed by atoms with Gasteiger partial charge in [-0.25, -0.2) is 0 Å². The number of aromatic amines is 1. The van der Waals surface area contributed by atoms with Crippen LogP contribution in [0.1, 0.15) is 41.3 Å². The van der Waals surface area contributed by atoms with Crippen LogP contribution in [0.4, 0.5) is 0 Å². The van der Waals surface area contributed by atoms with Crippen molar-refractivity contribution >= 4 is 0 Å². The molecule has 1 aliphatic carbocycles. The van der Waals surface area contributed by atoms with Crippen LogP contribution in [0.5, 0.6) is 5.75 Å². The second-order valence-electron chi connectivity index (χ2n) is 5.55. The van der Waals surface area contributed by atoms with Crippen LogP contribution >= 0.6 is 0 Å². The van der Waals surface area contributed by atoms with Crippen molar-refractivity contribution in [1.29, 1.82) is 0 Å². The molecule has 0 fully saturated rings. The van der Waals surface area contributed by atoms with E-state index < -0.39 is 0 Å². The summed E-state index contributed by atoms with van der Waals surface area (Å²) in [6, 6.07) is 6.17. The van der Waals surface area contributed by atoms with E-state index in [1.807, 2.05) is 12.3 Å². The maximum Gasteiger partial charge on any atom is 0.115 e. The molecule has 3 rings (SSSR count). The molecule has 1 atom stereocenters. The summed E-state index contributed by atoms with van der Waals surface area (Å²) >= 11 is 0. The van der Waals surface area contributed by atoms with Gasteiger partial charge in [-0.15, -0.1) is 0 Å². The Bertz CT molecular complexity index is 591. The molecule has 1 aromatic heterocycles. The predicted octanol–water partition coefficient (Wildman–Crippen LogP) is 2.63. The van der Waals surface area contributed by atoms with Gasteiger partial charge >= 0.3 is 0 Å². The zero-order valence-electron chi connectivity index (χ0n) is 11.8. The molecule has 4 heteroatoms. The van der Waals surface area contributed by atoms with Crippen LogP contribution < -0.4 is 5.32 Å². The molecular weight excluding hydrogens is 250 g/mol. The zero-order chi connectivity index (χ0) is 13.9. The zero-order valence-corrected chi connectivity index (χ0v) is 11.8. The Morgan fingerprint density at radius 2 is 2.35 bits per heavy atom. The van der Waals surface area contributed by atoms with Crippen molar-refractivity contribution in [3.63, 3.8) is 0 Å². The smallest absolute Gasteiger partial charge is 0.115 e. The van der Waals surface area contributed by atoms with Crippen molar-refractivity contribution < 1.29 is 5.11 Å². The molecule has 20 heavy (non-hydrogen) atoms. The number of aryl methyl sites for hydroxylation is 3. The second-order valence-corrected chi connectivity index (χ2v) is 5.55. The summed E-state index contributed by atoms with van der Waals surface area (Å²) in [5, 5.41) is 20.1. The summed E-state index contributed by atoms with van der Waals surface area (Å²) in [5.74, 6) is 0.375. The van der Waals surface area contributed by atoms with E-state index in [9.17, 15) is 5.11 Å². The van der Waals surface area contributed by atoms with Gasteiger partial charge in [0.1, 0.15) is 5.75 Å². The van der Waals surface area contributed by atoms with Gasteiger partial charge in [0.25, 0.3) is 0 Å². The number of H-pyrrole nitrogens is 1. The second kappa shape index (κ2) is 5.67. The van der Waals surface area contributed by atoms with E-state index in [4.69, 9.17) is 0 Å². The Hall–Kier alpha value is -1.81. The summed E-state index contributed by atoms with van der Waals surface area (Å²) < 4.78 is 0. The molecule has 1 heterocycles. The van der Waals surface area contributed by atoms with Crippen LogP contribution in [-0.4, -0.2) is 21.8 Å². The molecule has 106 valence electrons. The summed E-state index contributed by atoms with van der Waals surface area (Å²) in [6.45, 7) is 3.07. The molecule has 0 saturated carbocycles. The molecule has 1 aromatic carbocycles. The van der Waals surface area contributed by atoms with Gasteiger partial charge in [0.05, 0.1) is 6.20 Å². The Morgan fingerprint density at radius 1 is 1.45 bits per heavy atom. The lowest BCUT2D eigenvalue weighted by Crippen LogP contribution is -2.20. The third-order valence-electron chi connectivity index (χ3n) is 4.15. The SMILES string of the molecule is Cc1[nH]ncc1CCCNC1CCc2cc(O)ccc21. The van der Waals surface area contributed by atoms with Gasteiger partial charge in [0, 0.05) is 11.7 Å². The molecular formula is C16H21N3O. The molecule has 2 aromatic rings. The number of nitrogens with one attached hydrogen (secondary N) is 2. The average Bonchev–Trinajstić information content (AvgIpc) is 3.01. The van der Waals surface area contributed by atoms with Crippen molar-refractivity contribution in [2.24, 2.45) is 0 Å². The number of nitrogens with zero attached hydrogens (tertiary/aromatic N) is 1. The van der Waals surface area contributed by atoms with E-state index in [-0.39, 0.29) is 0 Å². The Labute approximate surface area is 119 Å². The van der Waals surface area contributed by atoms with Crippen molar-refractivity contribution in [2.75, 3.05) is 6.54 Å². The summed E-state index contributed by atoms with van der Waals surface area (Å²) in [5.41, 5.74) is 5.12. The first kappa shape index (κ1) is 13.2. The van der Waals surface area contributed by atoms with E-state index in [1.54, 1.807) is 6.07 Å². The van der Waals surface area contributed by atoms with Gasteiger partial charge in [-0.2, -0.15) is 5.10 Å². The number of fused-ring (bicyclic) bond motifs is 1. The first-order valence-corrected chi connectivity index (χ1v) is 7.28. The minimum atomic E-state index is 0.375. The van der Waals surface area contributed by atoms with E-state index in [1.165, 1.54) is 22.4 Å². The van der Waals surface area contributed by atoms with Crippen LogP contribution in [0, 0.1) is 6.92 Å². The Balaban J connectivity index is 1.50. The molecule has 0 bridgehead atoms. The quantitative estimate of drug-likeness (QED) is 0.733. The molecule has 4 nitrogen and oxygen atoms in total. The monoisotopic (exact) mass is 271 g/mol. The number of rotatable bonds is 5. The van der Waals surface area contributed by atoms with Crippen molar-refractivity contribution in [2.45, 2.75) is 38.6 Å². The fraction of sp³-hybridized carbons (Fsp3) is 0.438. The number of phenolic OH excluding ortho intramolecular Hbond substituents is 1. The highest BCUT2D eigenvalue weighted by molar-refractivity contribution is 5.40. The summed E-state index contributed by atoms with van der Waals surface area (Å²) in [4.78, 5) is 0. The maximum atomic E-state index is 9.50. The number of aromatic nitrogens is 2. The standard InChI is InChI=1S/C16H21N3O/c1-11-13(10-18-19-11)3-2-8-17-16-7-4-12-9-14(20)5-6-15(12)16/h5-6,9-10,16-17,20H,2-4,7-8H2,1H3,(H,18,19). The summed E-state index contributed by atoms with van der Waals surface area (Å²) in [7, 11) is 0. The Morgan fingerprint density at radius 3 is 3.15 bits per heavy atom. The van der Waals surface area contributed by atoms with E-state index in [0.29, 0.717) is 11.8 Å².